The van der Waals surface area contributed by atoms with E-state index in [-0.39, 0.29) is 12.5 Å². The summed E-state index contributed by atoms with van der Waals surface area (Å²) in [6.45, 7) is 4.34. The number of carbonyl (C=O) groups excluding carboxylic acids is 1. The van der Waals surface area contributed by atoms with Gasteiger partial charge < -0.3 is 9.64 Å². The van der Waals surface area contributed by atoms with Gasteiger partial charge in [-0.15, -0.1) is 11.3 Å². The van der Waals surface area contributed by atoms with Crippen LogP contribution in [0.3, 0.4) is 0 Å². The van der Waals surface area contributed by atoms with Gasteiger partial charge in [0.2, 0.25) is 5.91 Å². The molecule has 4 nitrogen and oxygen atoms in total. The number of methoxy groups -OCH3 is 1. The van der Waals surface area contributed by atoms with Gasteiger partial charge in [0.25, 0.3) is 0 Å². The number of hydrogen-bond acceptors (Lipinski definition) is 4. The number of benzene rings is 1. The number of carbonyl (C=O) groups is 1. The van der Waals surface area contributed by atoms with Crippen LogP contribution in [0.4, 0.5) is 0 Å². The molecular weight excluding hydrogens is 332 g/mol. The molecule has 2 aliphatic rings. The minimum absolute atomic E-state index is 0.162. The Morgan fingerprint density at radius 3 is 3.00 bits per heavy atom. The van der Waals surface area contributed by atoms with Crippen molar-refractivity contribution in [1.82, 2.24) is 9.80 Å². The average Bonchev–Trinajstić information content (AvgIpc) is 3.03. The molecule has 3 heterocycles. The van der Waals surface area contributed by atoms with E-state index in [2.05, 4.69) is 40.1 Å². The van der Waals surface area contributed by atoms with Crippen LogP contribution in [0.25, 0.3) is 10.1 Å². The predicted molar refractivity (Wildman–Crippen MR) is 102 cm³/mol. The lowest BCUT2D eigenvalue weighted by molar-refractivity contribution is -0.142. The zero-order valence-electron chi connectivity index (χ0n) is 14.8. The highest BCUT2D eigenvalue weighted by Gasteiger charge is 2.37. The lowest BCUT2D eigenvalue weighted by Gasteiger charge is -2.47. The van der Waals surface area contributed by atoms with Crippen LogP contribution < -0.4 is 0 Å². The van der Waals surface area contributed by atoms with E-state index in [1.807, 2.05) is 11.3 Å². The van der Waals surface area contributed by atoms with Crippen LogP contribution in [0, 0.1) is 5.92 Å². The second-order valence-corrected chi connectivity index (χ2v) is 8.43. The maximum Gasteiger partial charge on any atom is 0.248 e. The van der Waals surface area contributed by atoms with Crippen LogP contribution in [0.15, 0.2) is 30.3 Å². The number of nitrogens with zero attached hydrogens (tertiary/aromatic N) is 2. The summed E-state index contributed by atoms with van der Waals surface area (Å²) in [6, 6.07) is 11.4. The molecule has 2 aliphatic heterocycles. The Balaban J connectivity index is 1.41. The lowest BCUT2D eigenvalue weighted by atomic mass is 9.83. The second kappa shape index (κ2) is 7.44. The summed E-state index contributed by atoms with van der Waals surface area (Å²) in [5.74, 6) is 0.771. The molecule has 0 spiro atoms. The fourth-order valence-corrected chi connectivity index (χ4v) is 5.58. The Bertz CT molecular complexity index is 711. The Hall–Kier alpha value is -1.43. The predicted octanol–water partition coefficient (Wildman–Crippen LogP) is 3.36. The number of piperidine rings is 2. The van der Waals surface area contributed by atoms with Crippen LogP contribution in [0.1, 0.15) is 24.1 Å². The molecule has 0 bridgehead atoms. The van der Waals surface area contributed by atoms with Gasteiger partial charge in [-0.1, -0.05) is 18.2 Å². The Kier molecular flexibility index (Phi) is 5.06. The summed E-state index contributed by atoms with van der Waals surface area (Å²) in [7, 11) is 1.60. The molecule has 2 fully saturated rings. The van der Waals surface area contributed by atoms with Crippen LogP contribution in [-0.4, -0.2) is 55.1 Å². The maximum absolute atomic E-state index is 12.3. The zero-order chi connectivity index (χ0) is 17.2. The van der Waals surface area contributed by atoms with Crippen molar-refractivity contribution >= 4 is 27.3 Å². The van der Waals surface area contributed by atoms with E-state index in [1.165, 1.54) is 21.4 Å². The summed E-state index contributed by atoms with van der Waals surface area (Å²) >= 11 is 1.91. The van der Waals surface area contributed by atoms with Crippen molar-refractivity contribution in [2.24, 2.45) is 5.92 Å². The van der Waals surface area contributed by atoms with Crippen LogP contribution in [-0.2, 0) is 16.1 Å². The largest absolute Gasteiger partial charge is 0.375 e. The topological polar surface area (TPSA) is 32.8 Å². The highest BCUT2D eigenvalue weighted by Crippen LogP contribution is 2.33. The van der Waals surface area contributed by atoms with Gasteiger partial charge in [-0.25, -0.2) is 0 Å². The number of fused-ring (bicyclic) bond motifs is 2. The lowest BCUT2D eigenvalue weighted by Crippen LogP contribution is -2.56. The summed E-state index contributed by atoms with van der Waals surface area (Å²) in [5, 5.41) is 1.35. The first-order chi connectivity index (χ1) is 12.2. The Morgan fingerprint density at radius 1 is 1.28 bits per heavy atom. The molecule has 0 aliphatic carbocycles. The molecule has 2 saturated heterocycles. The SMILES string of the molecule is COCC(=O)N1CCC[C@@H]2CN(Cc3cc4ccccc4s3)CC[C@@H]21. The number of thiophene rings is 1. The Labute approximate surface area is 153 Å². The van der Waals surface area contributed by atoms with E-state index in [0.717, 1.165) is 39.0 Å². The van der Waals surface area contributed by atoms with Gasteiger partial charge >= 0.3 is 0 Å². The van der Waals surface area contributed by atoms with E-state index in [0.29, 0.717) is 12.0 Å². The third kappa shape index (κ3) is 3.59. The molecule has 0 radical (unpaired) electrons. The van der Waals surface area contributed by atoms with Gasteiger partial charge in [0.15, 0.2) is 0 Å². The first-order valence-electron chi connectivity index (χ1n) is 9.23. The van der Waals surface area contributed by atoms with Crippen molar-refractivity contribution in [2.75, 3.05) is 33.4 Å². The highest BCUT2D eigenvalue weighted by atomic mass is 32.1. The number of hydrogen-bond donors (Lipinski definition) is 0. The molecule has 0 saturated carbocycles. The summed E-state index contributed by atoms with van der Waals surface area (Å²) < 4.78 is 6.44. The molecule has 4 rings (SSSR count). The smallest absolute Gasteiger partial charge is 0.248 e. The summed E-state index contributed by atoms with van der Waals surface area (Å²) in [4.78, 5) is 18.4. The van der Waals surface area contributed by atoms with Crippen LogP contribution in [0.5, 0.6) is 0 Å². The fraction of sp³-hybridized carbons (Fsp3) is 0.550. The normalized spacial score (nSPS) is 24.4. The van der Waals surface area contributed by atoms with Gasteiger partial charge in [0.05, 0.1) is 0 Å². The molecular formula is C20H26N2O2S. The maximum atomic E-state index is 12.3. The molecule has 2 atom stereocenters. The third-order valence-electron chi connectivity index (χ3n) is 5.60. The molecule has 1 amide bonds. The third-order valence-corrected chi connectivity index (χ3v) is 6.70. The molecule has 1 aromatic heterocycles. The first kappa shape index (κ1) is 17.0. The standard InChI is InChI=1S/C20H26N2O2S/c1-24-14-20(23)22-9-4-6-16-12-21(10-8-18(16)22)13-17-11-15-5-2-3-7-19(15)25-17/h2-3,5,7,11,16,18H,4,6,8-10,12-14H2,1H3/t16-,18+/m1/s1. The van der Waals surface area contributed by atoms with E-state index in [4.69, 9.17) is 4.74 Å². The van der Waals surface area contributed by atoms with Crippen molar-refractivity contribution in [2.45, 2.75) is 31.8 Å². The van der Waals surface area contributed by atoms with Gasteiger partial charge in [-0.05, 0) is 42.7 Å². The molecule has 25 heavy (non-hydrogen) atoms. The first-order valence-corrected chi connectivity index (χ1v) is 10.0. The van der Waals surface area contributed by atoms with Crippen LogP contribution >= 0.6 is 11.3 Å². The minimum atomic E-state index is 0.162. The van der Waals surface area contributed by atoms with Crippen LogP contribution in [0.2, 0.25) is 0 Å². The molecule has 0 unspecified atom stereocenters. The molecule has 134 valence electrons. The van der Waals surface area contributed by atoms with Crippen molar-refractivity contribution in [3.05, 3.63) is 35.2 Å². The number of likely N-dealkylation sites (tertiary alicyclic amines) is 2. The van der Waals surface area contributed by atoms with Crippen molar-refractivity contribution < 1.29 is 9.53 Å². The summed E-state index contributed by atoms with van der Waals surface area (Å²) in [6.07, 6.45) is 3.45. The average molecular weight is 359 g/mol. The van der Waals surface area contributed by atoms with Gasteiger partial charge in [-0.2, -0.15) is 0 Å². The second-order valence-electron chi connectivity index (χ2n) is 7.26. The van der Waals surface area contributed by atoms with Gasteiger partial charge in [0.1, 0.15) is 6.61 Å². The Morgan fingerprint density at radius 2 is 2.16 bits per heavy atom. The van der Waals surface area contributed by atoms with Crippen molar-refractivity contribution in [3.63, 3.8) is 0 Å². The monoisotopic (exact) mass is 358 g/mol. The number of ether oxygens (including phenoxy) is 1. The molecule has 5 heteroatoms. The van der Waals surface area contributed by atoms with Crippen molar-refractivity contribution in [1.29, 1.82) is 0 Å². The minimum Gasteiger partial charge on any atom is -0.375 e. The number of amides is 1. The van der Waals surface area contributed by atoms with Crippen molar-refractivity contribution in [3.8, 4) is 0 Å². The van der Waals surface area contributed by atoms with E-state index in [9.17, 15) is 4.79 Å². The highest BCUT2D eigenvalue weighted by molar-refractivity contribution is 7.19. The van der Waals surface area contributed by atoms with Gasteiger partial charge in [0, 0.05) is 48.9 Å². The van der Waals surface area contributed by atoms with E-state index < -0.39 is 0 Å². The van der Waals surface area contributed by atoms with Gasteiger partial charge in [-0.3, -0.25) is 9.69 Å². The fourth-order valence-electron chi connectivity index (χ4n) is 4.47. The molecule has 1 aromatic carbocycles. The summed E-state index contributed by atoms with van der Waals surface area (Å²) in [5.41, 5.74) is 0. The van der Waals surface area contributed by atoms with E-state index >= 15 is 0 Å². The zero-order valence-corrected chi connectivity index (χ0v) is 15.6. The molecule has 2 aromatic rings. The van der Waals surface area contributed by atoms with E-state index in [1.54, 1.807) is 7.11 Å². The quantitative estimate of drug-likeness (QED) is 0.840. The molecule has 0 N–H and O–H groups in total. The number of rotatable bonds is 4.